The molecule has 0 radical (unpaired) electrons. The van der Waals surface area contributed by atoms with Gasteiger partial charge in [0.15, 0.2) is 17.3 Å². The highest BCUT2D eigenvalue weighted by Gasteiger charge is 2.30. The van der Waals surface area contributed by atoms with Gasteiger partial charge in [-0.3, -0.25) is 9.36 Å². The molecule has 2 aromatic heterocycles. The van der Waals surface area contributed by atoms with Crippen molar-refractivity contribution in [2.75, 3.05) is 10.6 Å². The third kappa shape index (κ3) is 4.49. The van der Waals surface area contributed by atoms with Crippen LogP contribution in [0, 0.1) is 23.4 Å². The van der Waals surface area contributed by atoms with E-state index in [0.29, 0.717) is 55.3 Å². The Labute approximate surface area is 199 Å². The highest BCUT2D eigenvalue weighted by atomic mass is 19.2. The number of aromatic nitrogens is 4. The molecule has 1 aromatic carbocycles. The fourth-order valence-corrected chi connectivity index (χ4v) is 5.04. The lowest BCUT2D eigenvalue weighted by Crippen LogP contribution is -2.29. The molecule has 0 aliphatic heterocycles. The number of primary amides is 1. The molecule has 0 bridgehead atoms. The molecule has 2 aliphatic carbocycles. The fourth-order valence-electron chi connectivity index (χ4n) is 5.04. The topological polar surface area (TPSA) is 131 Å². The van der Waals surface area contributed by atoms with Gasteiger partial charge >= 0.3 is 0 Å². The van der Waals surface area contributed by atoms with Crippen LogP contribution in [-0.2, 0) is 4.79 Å². The number of carbonyl (C=O) groups excluding carboxylic acids is 1. The van der Waals surface area contributed by atoms with Crippen molar-refractivity contribution < 1.29 is 23.1 Å². The number of carbonyl (C=O) groups is 1. The summed E-state index contributed by atoms with van der Waals surface area (Å²) in [5.74, 6) is -3.74. The number of hydrogen-bond donors (Lipinski definition) is 4. The maximum atomic E-state index is 14.4. The molecule has 2 aliphatic rings. The highest BCUT2D eigenvalue weighted by Crippen LogP contribution is 2.37. The molecular formula is C23H26F3N7O2. The zero-order valence-corrected chi connectivity index (χ0v) is 18.8. The predicted molar refractivity (Wildman–Crippen MR) is 122 cm³/mol. The number of halogens is 3. The van der Waals surface area contributed by atoms with Crippen LogP contribution in [0.3, 0.4) is 0 Å². The Morgan fingerprint density at radius 2 is 1.80 bits per heavy atom. The van der Waals surface area contributed by atoms with Gasteiger partial charge in [0.1, 0.15) is 17.0 Å². The average molecular weight is 490 g/mol. The summed E-state index contributed by atoms with van der Waals surface area (Å²) in [6.45, 7) is 0. The summed E-state index contributed by atoms with van der Waals surface area (Å²) >= 11 is 0. The summed E-state index contributed by atoms with van der Waals surface area (Å²) in [4.78, 5) is 25.0. The first kappa shape index (κ1) is 23.3. The van der Waals surface area contributed by atoms with E-state index in [0.717, 1.165) is 18.9 Å². The summed E-state index contributed by atoms with van der Waals surface area (Å²) < 4.78 is 44.3. The van der Waals surface area contributed by atoms with Gasteiger partial charge in [-0.2, -0.15) is 4.98 Å². The van der Waals surface area contributed by atoms with E-state index in [4.69, 9.17) is 5.73 Å². The van der Waals surface area contributed by atoms with Crippen molar-refractivity contribution in [3.8, 4) is 0 Å². The molecule has 5 N–H and O–H groups in total. The molecule has 5 rings (SSSR count). The van der Waals surface area contributed by atoms with Gasteiger partial charge in [-0.1, -0.05) is 0 Å². The number of fused-ring (bicyclic) bond motifs is 1. The van der Waals surface area contributed by atoms with Crippen molar-refractivity contribution in [2.45, 2.75) is 63.1 Å². The third-order valence-electron chi connectivity index (χ3n) is 6.97. The zero-order valence-electron chi connectivity index (χ0n) is 18.8. The molecule has 2 heterocycles. The Bertz CT molecular complexity index is 1260. The first-order chi connectivity index (χ1) is 16.8. The number of benzene rings is 1. The number of nitrogens with one attached hydrogen (secondary N) is 2. The number of aliphatic hydroxyl groups excluding tert-OH is 1. The molecule has 12 heteroatoms. The normalized spacial score (nSPS) is 24.6. The Morgan fingerprint density at radius 1 is 1.06 bits per heavy atom. The van der Waals surface area contributed by atoms with Crippen molar-refractivity contribution in [1.29, 1.82) is 0 Å². The van der Waals surface area contributed by atoms with Crippen LogP contribution >= 0.6 is 0 Å². The molecule has 2 saturated carbocycles. The summed E-state index contributed by atoms with van der Waals surface area (Å²) in [7, 11) is 0. The van der Waals surface area contributed by atoms with Gasteiger partial charge < -0.3 is 21.5 Å². The van der Waals surface area contributed by atoms with Crippen molar-refractivity contribution in [2.24, 2.45) is 11.7 Å². The van der Waals surface area contributed by atoms with E-state index in [-0.39, 0.29) is 29.9 Å². The van der Waals surface area contributed by atoms with Gasteiger partial charge in [-0.25, -0.2) is 23.1 Å². The van der Waals surface area contributed by atoms with E-state index >= 15 is 0 Å². The van der Waals surface area contributed by atoms with Crippen LogP contribution in [0.1, 0.15) is 51.0 Å². The molecular weight excluding hydrogens is 463 g/mol. The number of hydrogen-bond acceptors (Lipinski definition) is 7. The molecule has 2 fully saturated rings. The maximum absolute atomic E-state index is 14.4. The van der Waals surface area contributed by atoms with Crippen LogP contribution in [0.15, 0.2) is 18.3 Å². The third-order valence-corrected chi connectivity index (χ3v) is 6.97. The van der Waals surface area contributed by atoms with E-state index < -0.39 is 29.2 Å². The van der Waals surface area contributed by atoms with E-state index in [2.05, 4.69) is 25.6 Å². The molecule has 186 valence electrons. The minimum Gasteiger partial charge on any atom is -0.391 e. The zero-order chi connectivity index (χ0) is 24.7. The maximum Gasteiger partial charge on any atom is 0.225 e. The average Bonchev–Trinajstić information content (AvgIpc) is 3.41. The summed E-state index contributed by atoms with van der Waals surface area (Å²) in [5.41, 5.74) is 5.60. The number of nitrogens with zero attached hydrogens (tertiary/aromatic N) is 4. The minimum atomic E-state index is -1.36. The van der Waals surface area contributed by atoms with Gasteiger partial charge in [0.2, 0.25) is 17.8 Å². The SMILES string of the molecule is NC(=O)[C@H]1CC[C@@H](n2c(Nc3c(F)ccc(F)c3F)nc3cnc(NC4CCC[C@H]4O)nc32)CC1. The number of imidazole rings is 1. The monoisotopic (exact) mass is 489 g/mol. The molecule has 0 saturated heterocycles. The molecule has 1 unspecified atom stereocenters. The second-order valence-electron chi connectivity index (χ2n) is 9.21. The summed E-state index contributed by atoms with van der Waals surface area (Å²) in [5, 5.41) is 15.9. The van der Waals surface area contributed by atoms with Crippen LogP contribution in [0.4, 0.5) is 30.8 Å². The molecule has 1 amide bonds. The van der Waals surface area contributed by atoms with E-state index in [9.17, 15) is 23.1 Å². The molecule has 0 spiro atoms. The van der Waals surface area contributed by atoms with Gasteiger partial charge in [-0.05, 0) is 57.1 Å². The Morgan fingerprint density at radius 3 is 2.49 bits per heavy atom. The van der Waals surface area contributed by atoms with Crippen molar-refractivity contribution in [1.82, 2.24) is 19.5 Å². The standard InChI is InChI=1S/C23H26F3N7O2/c24-13-8-9-14(25)19(18(13)26)31-23-30-16-10-28-22(29-15-2-1-3-17(15)34)32-21(16)33(23)12-6-4-11(5-7-12)20(27)35/h8-12,15,17,34H,1-7H2,(H2,27,35)(H,30,31)(H,28,29,32)/t11-,12+,15?,17-/m1/s1. The highest BCUT2D eigenvalue weighted by molar-refractivity contribution is 5.78. The number of amides is 1. The number of nitrogens with two attached hydrogens (primary N) is 1. The van der Waals surface area contributed by atoms with Crippen molar-refractivity contribution >= 4 is 34.7 Å². The van der Waals surface area contributed by atoms with Gasteiger partial charge in [0, 0.05) is 12.0 Å². The first-order valence-electron chi connectivity index (χ1n) is 11.7. The molecule has 9 nitrogen and oxygen atoms in total. The van der Waals surface area contributed by atoms with Crippen LogP contribution < -0.4 is 16.4 Å². The van der Waals surface area contributed by atoms with E-state index in [1.165, 1.54) is 6.20 Å². The quantitative estimate of drug-likeness (QED) is 0.390. The van der Waals surface area contributed by atoms with Crippen LogP contribution in [0.25, 0.3) is 11.2 Å². The van der Waals surface area contributed by atoms with Crippen molar-refractivity contribution in [3.05, 3.63) is 35.8 Å². The Kier molecular flexibility index (Phi) is 6.22. The summed E-state index contributed by atoms with van der Waals surface area (Å²) in [6, 6.07) is 1.17. The fraction of sp³-hybridized carbons (Fsp3) is 0.478. The second-order valence-corrected chi connectivity index (χ2v) is 9.21. The van der Waals surface area contributed by atoms with Gasteiger partial charge in [0.05, 0.1) is 18.3 Å². The van der Waals surface area contributed by atoms with Gasteiger partial charge in [-0.15, -0.1) is 0 Å². The van der Waals surface area contributed by atoms with E-state index in [1.807, 2.05) is 0 Å². The number of anilines is 3. The molecule has 35 heavy (non-hydrogen) atoms. The second kappa shape index (κ2) is 9.33. The Balaban J connectivity index is 1.54. The largest absolute Gasteiger partial charge is 0.391 e. The van der Waals surface area contributed by atoms with E-state index in [1.54, 1.807) is 4.57 Å². The number of aliphatic hydroxyl groups is 1. The summed E-state index contributed by atoms with van der Waals surface area (Å²) in [6.07, 6.45) is 5.58. The predicted octanol–water partition coefficient (Wildman–Crippen LogP) is 3.53. The van der Waals surface area contributed by atoms with Gasteiger partial charge in [0.25, 0.3) is 0 Å². The molecule has 3 aromatic rings. The minimum absolute atomic E-state index is 0.0817. The molecule has 2 atom stereocenters. The van der Waals surface area contributed by atoms with Crippen molar-refractivity contribution in [3.63, 3.8) is 0 Å². The van der Waals surface area contributed by atoms with Crippen LogP contribution in [-0.4, -0.2) is 42.7 Å². The lowest BCUT2D eigenvalue weighted by Gasteiger charge is -2.29. The number of rotatable bonds is 6. The smallest absolute Gasteiger partial charge is 0.225 e. The first-order valence-corrected chi connectivity index (χ1v) is 11.7. The Hall–Kier alpha value is -3.41. The lowest BCUT2D eigenvalue weighted by molar-refractivity contribution is -0.122. The van der Waals surface area contributed by atoms with Crippen LogP contribution in [0.5, 0.6) is 0 Å². The lowest BCUT2D eigenvalue weighted by atomic mass is 9.85. The van der Waals surface area contributed by atoms with Crippen LogP contribution in [0.2, 0.25) is 0 Å².